The van der Waals surface area contributed by atoms with Gasteiger partial charge >= 0.3 is 6.01 Å². The molecule has 2 aromatic carbocycles. The predicted molar refractivity (Wildman–Crippen MR) is 167 cm³/mol. The zero-order valence-electron chi connectivity index (χ0n) is 25.1. The number of carbonyl (C=O) groups is 1. The average molecular weight is 613 g/mol. The third-order valence-electron chi connectivity index (χ3n) is 10.8. The fraction of sp³-hybridized carbons (Fsp3) is 0.500. The van der Waals surface area contributed by atoms with E-state index in [0.29, 0.717) is 42.1 Å². The molecule has 6 aliphatic heterocycles. The molecule has 0 radical (unpaired) electrons. The number of piperazine rings is 1. The standard InChI is InChI=1S/C34H37FN6O4/c1-2-25-27(35)7-4-20-14-24(43)15-28(29(20)25)39-13-9-26-30(32(39)44)37-33(38-31(26)40-17-21-5-6-22(40)16-36-21)45-19-34-10-3-12-41(34)23(18-42)8-11-34/h1,4,7,14-15,21-23,36,42-43H,3,5-6,8-13,16-19H2/t21?,22?,23-,34-/m1/s1. The molecule has 1 aromatic heterocycles. The maximum Gasteiger partial charge on any atom is 0.319 e. The van der Waals surface area contributed by atoms with Gasteiger partial charge in [-0.2, -0.15) is 9.97 Å². The Hall–Kier alpha value is -3.98. The van der Waals surface area contributed by atoms with Gasteiger partial charge in [0.1, 0.15) is 29.7 Å². The van der Waals surface area contributed by atoms with Crippen LogP contribution in [0.3, 0.4) is 0 Å². The summed E-state index contributed by atoms with van der Waals surface area (Å²) < 4.78 is 21.3. The first-order chi connectivity index (χ1) is 21.9. The molecule has 9 rings (SSSR count). The van der Waals surface area contributed by atoms with Crippen molar-refractivity contribution in [2.45, 2.75) is 68.6 Å². The number of phenols is 1. The van der Waals surface area contributed by atoms with Crippen LogP contribution in [0.15, 0.2) is 24.3 Å². The minimum absolute atomic E-state index is 0.0449. The van der Waals surface area contributed by atoms with Gasteiger partial charge in [-0.1, -0.05) is 12.0 Å². The molecule has 0 aliphatic carbocycles. The van der Waals surface area contributed by atoms with Gasteiger partial charge in [-0.3, -0.25) is 9.69 Å². The van der Waals surface area contributed by atoms with Crippen molar-refractivity contribution in [2.75, 3.05) is 49.2 Å². The first kappa shape index (κ1) is 28.5. The minimum Gasteiger partial charge on any atom is -0.508 e. The van der Waals surface area contributed by atoms with Crippen LogP contribution in [0, 0.1) is 18.2 Å². The lowest BCUT2D eigenvalue weighted by Crippen LogP contribution is -2.61. The van der Waals surface area contributed by atoms with Crippen molar-refractivity contribution in [1.29, 1.82) is 0 Å². The van der Waals surface area contributed by atoms with E-state index in [9.17, 15) is 19.4 Å². The van der Waals surface area contributed by atoms with E-state index in [1.807, 2.05) is 0 Å². The molecule has 5 saturated heterocycles. The molecule has 10 nitrogen and oxygen atoms in total. The summed E-state index contributed by atoms with van der Waals surface area (Å²) in [4.78, 5) is 30.4. The second kappa shape index (κ2) is 10.8. The van der Waals surface area contributed by atoms with Crippen molar-refractivity contribution < 1.29 is 24.1 Å². The predicted octanol–water partition coefficient (Wildman–Crippen LogP) is 2.97. The van der Waals surface area contributed by atoms with Crippen LogP contribution in [0.25, 0.3) is 10.8 Å². The van der Waals surface area contributed by atoms with Crippen LogP contribution < -0.4 is 19.9 Å². The number of terminal acetylenes is 1. The smallest absolute Gasteiger partial charge is 0.319 e. The number of halogens is 1. The van der Waals surface area contributed by atoms with Crippen molar-refractivity contribution in [3.63, 3.8) is 0 Å². The Morgan fingerprint density at radius 2 is 2.07 bits per heavy atom. The van der Waals surface area contributed by atoms with Crippen LogP contribution in [0.4, 0.5) is 15.9 Å². The fourth-order valence-corrected chi connectivity index (χ4v) is 8.57. The molecule has 7 heterocycles. The van der Waals surface area contributed by atoms with E-state index in [1.54, 1.807) is 6.07 Å². The SMILES string of the molecule is C#Cc1c(F)ccc2cc(O)cc(N3CCc4c(nc(OC[C@]56CCCN5[C@@H](CO)CC6)nc4N4CC5CCC4CN5)C3=O)c12. The molecule has 0 saturated carbocycles. The lowest BCUT2D eigenvalue weighted by Gasteiger charge is -2.47. The number of aromatic nitrogens is 2. The van der Waals surface area contributed by atoms with Crippen molar-refractivity contribution in [2.24, 2.45) is 0 Å². The molecular weight excluding hydrogens is 575 g/mol. The van der Waals surface area contributed by atoms with E-state index in [0.717, 1.165) is 69.5 Å². The second-order valence-corrected chi connectivity index (χ2v) is 13.2. The molecule has 4 atom stereocenters. The van der Waals surface area contributed by atoms with Crippen molar-refractivity contribution in [3.8, 4) is 24.1 Å². The highest BCUT2D eigenvalue weighted by atomic mass is 19.1. The summed E-state index contributed by atoms with van der Waals surface area (Å²) in [6, 6.07) is 6.73. The van der Waals surface area contributed by atoms with E-state index >= 15 is 0 Å². The summed E-state index contributed by atoms with van der Waals surface area (Å²) >= 11 is 0. The number of phenolic OH excluding ortho intramolecular Hbond substituents is 1. The van der Waals surface area contributed by atoms with Gasteiger partial charge < -0.3 is 30.1 Å². The highest BCUT2D eigenvalue weighted by Crippen LogP contribution is 2.43. The van der Waals surface area contributed by atoms with Crippen molar-refractivity contribution in [3.05, 3.63) is 46.9 Å². The number of benzene rings is 2. The average Bonchev–Trinajstić information content (AvgIpc) is 3.63. The molecule has 1 amide bonds. The number of hydrogen-bond donors (Lipinski definition) is 3. The number of carbonyl (C=O) groups excluding carboxylic acids is 1. The molecule has 6 aliphatic rings. The molecule has 45 heavy (non-hydrogen) atoms. The van der Waals surface area contributed by atoms with Crippen LogP contribution in [0.1, 0.15) is 60.1 Å². The molecule has 3 N–H and O–H groups in total. The molecule has 234 valence electrons. The van der Waals surface area contributed by atoms with Gasteiger partial charge in [0.05, 0.1) is 23.4 Å². The summed E-state index contributed by atoms with van der Waals surface area (Å²) in [7, 11) is 0. The third kappa shape index (κ3) is 4.53. The molecule has 0 spiro atoms. The normalized spacial score (nSPS) is 27.6. The lowest BCUT2D eigenvalue weighted by atomic mass is 9.92. The van der Waals surface area contributed by atoms with E-state index in [2.05, 4.69) is 21.0 Å². The number of rotatable bonds is 6. The number of piperidine rings is 2. The van der Waals surface area contributed by atoms with Gasteiger partial charge in [0.15, 0.2) is 0 Å². The highest BCUT2D eigenvalue weighted by Gasteiger charge is 2.50. The number of amides is 1. The lowest BCUT2D eigenvalue weighted by molar-refractivity contribution is 0.0640. The maximum absolute atomic E-state index is 14.9. The van der Waals surface area contributed by atoms with Gasteiger partial charge in [-0.25, -0.2) is 4.39 Å². The van der Waals surface area contributed by atoms with Crippen LogP contribution >= 0.6 is 0 Å². The third-order valence-corrected chi connectivity index (χ3v) is 10.8. The van der Waals surface area contributed by atoms with E-state index in [4.69, 9.17) is 21.1 Å². The molecule has 3 aromatic rings. The Morgan fingerprint density at radius 1 is 1.18 bits per heavy atom. The van der Waals surface area contributed by atoms with Crippen LogP contribution in [0.5, 0.6) is 11.8 Å². The number of aromatic hydroxyl groups is 1. The molecule has 2 unspecified atom stereocenters. The van der Waals surface area contributed by atoms with Crippen LogP contribution in [0.2, 0.25) is 0 Å². The van der Waals surface area contributed by atoms with Gasteiger partial charge in [-0.05, 0) is 69.0 Å². The first-order valence-corrected chi connectivity index (χ1v) is 16.0. The number of fused-ring (bicyclic) bond motifs is 6. The Bertz CT molecular complexity index is 1740. The number of nitrogens with zero attached hydrogens (tertiary/aromatic N) is 5. The summed E-state index contributed by atoms with van der Waals surface area (Å²) in [6.07, 6.45) is 12.2. The summed E-state index contributed by atoms with van der Waals surface area (Å²) in [6.45, 7) is 3.39. The first-order valence-electron chi connectivity index (χ1n) is 16.0. The molecule has 11 heteroatoms. The largest absolute Gasteiger partial charge is 0.508 e. The minimum atomic E-state index is -0.563. The van der Waals surface area contributed by atoms with Gasteiger partial charge in [-0.15, -0.1) is 6.42 Å². The summed E-state index contributed by atoms with van der Waals surface area (Å²) in [5.74, 6) is 2.21. The molecular formula is C34H37FN6O4. The van der Waals surface area contributed by atoms with E-state index in [-0.39, 0.29) is 53.2 Å². The zero-order chi connectivity index (χ0) is 30.9. The van der Waals surface area contributed by atoms with Crippen molar-refractivity contribution in [1.82, 2.24) is 20.2 Å². The van der Waals surface area contributed by atoms with Gasteiger partial charge in [0.2, 0.25) is 0 Å². The molecule has 2 bridgehead atoms. The molecule has 5 fully saturated rings. The summed E-state index contributed by atoms with van der Waals surface area (Å²) in [5, 5.41) is 25.1. The van der Waals surface area contributed by atoms with Gasteiger partial charge in [0.25, 0.3) is 5.91 Å². The van der Waals surface area contributed by atoms with E-state index in [1.165, 1.54) is 23.1 Å². The van der Waals surface area contributed by atoms with Crippen molar-refractivity contribution >= 4 is 28.2 Å². The highest BCUT2D eigenvalue weighted by molar-refractivity contribution is 6.13. The number of ether oxygens (including phenoxy) is 1. The fourth-order valence-electron chi connectivity index (χ4n) is 8.57. The second-order valence-electron chi connectivity index (χ2n) is 13.2. The topological polar surface area (TPSA) is 114 Å². The summed E-state index contributed by atoms with van der Waals surface area (Å²) in [5.41, 5.74) is 1.26. The Balaban J connectivity index is 1.20. The van der Waals surface area contributed by atoms with Crippen LogP contribution in [-0.2, 0) is 6.42 Å². The quantitative estimate of drug-likeness (QED) is 0.362. The number of anilines is 2. The Labute approximate surface area is 261 Å². The van der Waals surface area contributed by atoms with E-state index < -0.39 is 5.82 Å². The maximum atomic E-state index is 14.9. The number of aliphatic hydroxyl groups excluding tert-OH is 1. The Kier molecular flexibility index (Phi) is 6.85. The Morgan fingerprint density at radius 3 is 2.82 bits per heavy atom. The van der Waals surface area contributed by atoms with Crippen LogP contribution in [-0.4, -0.2) is 94.0 Å². The monoisotopic (exact) mass is 612 g/mol. The number of nitrogens with one attached hydrogen (secondary N) is 1. The number of aliphatic hydroxyl groups is 1. The zero-order valence-corrected chi connectivity index (χ0v) is 25.1. The number of hydrogen-bond acceptors (Lipinski definition) is 9. The van der Waals surface area contributed by atoms with Gasteiger partial charge in [0, 0.05) is 54.8 Å².